The van der Waals surface area contributed by atoms with Gasteiger partial charge in [-0.3, -0.25) is 0 Å². The molecule has 19 heavy (non-hydrogen) atoms. The summed E-state index contributed by atoms with van der Waals surface area (Å²) >= 11 is 5.40. The lowest BCUT2D eigenvalue weighted by Crippen LogP contribution is -2.33. The van der Waals surface area contributed by atoms with Crippen molar-refractivity contribution in [1.82, 2.24) is 10.3 Å². The van der Waals surface area contributed by atoms with Crippen molar-refractivity contribution in [2.24, 2.45) is 0 Å². The molecule has 0 saturated heterocycles. The molecular weight excluding hydrogens is 322 g/mol. The molecule has 0 spiro atoms. The van der Waals surface area contributed by atoms with Gasteiger partial charge in [-0.2, -0.15) is 11.8 Å². The van der Waals surface area contributed by atoms with Crippen LogP contribution in [-0.2, 0) is 6.54 Å². The normalized spacial score (nSPS) is 16.4. The van der Waals surface area contributed by atoms with Crippen LogP contribution < -0.4 is 10.2 Å². The molecule has 1 aliphatic carbocycles. The Morgan fingerprint density at radius 1 is 1.58 bits per heavy atom. The second kappa shape index (κ2) is 6.95. The number of hydrogen-bond acceptors (Lipinski definition) is 4. The molecule has 0 bridgehead atoms. The average molecular weight is 344 g/mol. The molecule has 1 heterocycles. The summed E-state index contributed by atoms with van der Waals surface area (Å²) in [6.07, 6.45) is 6.66. The Bertz CT molecular complexity index is 423. The van der Waals surface area contributed by atoms with E-state index in [-0.39, 0.29) is 0 Å². The van der Waals surface area contributed by atoms with Gasteiger partial charge >= 0.3 is 0 Å². The third kappa shape index (κ3) is 4.36. The summed E-state index contributed by atoms with van der Waals surface area (Å²) in [4.78, 5) is 6.89. The Morgan fingerprint density at radius 3 is 2.95 bits per heavy atom. The molecule has 3 nitrogen and oxygen atoms in total. The summed E-state index contributed by atoms with van der Waals surface area (Å²) in [6.45, 7) is 3.15. The van der Waals surface area contributed by atoms with E-state index >= 15 is 0 Å². The summed E-state index contributed by atoms with van der Waals surface area (Å²) < 4.78 is 1.05. The third-order valence-corrected chi connectivity index (χ3v) is 4.72. The molecule has 1 fully saturated rings. The van der Waals surface area contributed by atoms with Crippen molar-refractivity contribution in [3.63, 3.8) is 0 Å². The highest BCUT2D eigenvalue weighted by molar-refractivity contribution is 9.10. The largest absolute Gasteiger partial charge is 0.356 e. The lowest BCUT2D eigenvalue weighted by Gasteiger charge is -2.27. The van der Waals surface area contributed by atoms with Crippen LogP contribution in [0.25, 0.3) is 0 Å². The molecule has 0 amide bonds. The fraction of sp³-hybridized carbons (Fsp3) is 0.643. The van der Waals surface area contributed by atoms with Crippen LogP contribution in [0.4, 0.5) is 5.82 Å². The number of aromatic nitrogens is 1. The SMILES string of the molecule is CSCC(C)N(C)c1ncc(Br)cc1CNC1CC1. The van der Waals surface area contributed by atoms with Crippen LogP contribution in [0.1, 0.15) is 25.3 Å². The molecule has 106 valence electrons. The number of halogens is 1. The first-order valence-electron chi connectivity index (χ1n) is 6.71. The first kappa shape index (κ1) is 15.1. The van der Waals surface area contributed by atoms with E-state index in [1.807, 2.05) is 18.0 Å². The minimum absolute atomic E-state index is 0.489. The number of thioether (sulfide) groups is 1. The smallest absolute Gasteiger partial charge is 0.133 e. The second-order valence-corrected chi connectivity index (χ2v) is 7.03. The van der Waals surface area contributed by atoms with Crippen LogP contribution in [0, 0.1) is 0 Å². The van der Waals surface area contributed by atoms with Gasteiger partial charge in [0.2, 0.25) is 0 Å². The first-order chi connectivity index (χ1) is 9.11. The van der Waals surface area contributed by atoms with Crippen LogP contribution in [-0.4, -0.2) is 36.1 Å². The number of anilines is 1. The van der Waals surface area contributed by atoms with E-state index in [9.17, 15) is 0 Å². The lowest BCUT2D eigenvalue weighted by molar-refractivity contribution is 0.675. The Hall–Kier alpha value is -0.260. The molecule has 1 atom stereocenters. The van der Waals surface area contributed by atoms with Crippen LogP contribution in [0.15, 0.2) is 16.7 Å². The zero-order valence-corrected chi connectivity index (χ0v) is 14.2. The topological polar surface area (TPSA) is 28.2 Å². The van der Waals surface area contributed by atoms with Crippen molar-refractivity contribution < 1.29 is 0 Å². The zero-order chi connectivity index (χ0) is 13.8. The summed E-state index contributed by atoms with van der Waals surface area (Å²) in [5.41, 5.74) is 1.27. The number of rotatable bonds is 7. The fourth-order valence-corrected chi connectivity index (χ4v) is 3.11. The van der Waals surface area contributed by atoms with E-state index in [1.54, 1.807) is 0 Å². The van der Waals surface area contributed by atoms with Gasteiger partial charge in [-0.1, -0.05) is 0 Å². The molecule has 0 radical (unpaired) electrons. The van der Waals surface area contributed by atoms with Crippen molar-refractivity contribution in [2.75, 3.05) is 24.0 Å². The molecule has 1 aromatic heterocycles. The predicted molar refractivity (Wildman–Crippen MR) is 88.0 cm³/mol. The van der Waals surface area contributed by atoms with E-state index in [4.69, 9.17) is 0 Å². The molecule has 1 aliphatic rings. The molecule has 1 aromatic rings. The van der Waals surface area contributed by atoms with Gasteiger partial charge in [-0.25, -0.2) is 4.98 Å². The summed E-state index contributed by atoms with van der Waals surface area (Å²) in [6, 6.07) is 3.39. The molecule has 1 unspecified atom stereocenters. The van der Waals surface area contributed by atoms with Crippen molar-refractivity contribution in [2.45, 2.75) is 38.4 Å². The Balaban J connectivity index is 2.11. The average Bonchev–Trinajstić information content (AvgIpc) is 3.20. The number of nitrogens with zero attached hydrogens (tertiary/aromatic N) is 2. The highest BCUT2D eigenvalue weighted by Gasteiger charge is 2.22. The van der Waals surface area contributed by atoms with E-state index in [1.165, 1.54) is 18.4 Å². The summed E-state index contributed by atoms with van der Waals surface area (Å²) in [5.74, 6) is 2.21. The van der Waals surface area contributed by atoms with E-state index in [0.29, 0.717) is 6.04 Å². The highest BCUT2D eigenvalue weighted by Crippen LogP contribution is 2.25. The third-order valence-electron chi connectivity index (χ3n) is 3.47. The predicted octanol–water partition coefficient (Wildman–Crippen LogP) is 3.28. The maximum absolute atomic E-state index is 4.61. The highest BCUT2D eigenvalue weighted by atomic mass is 79.9. The minimum Gasteiger partial charge on any atom is -0.356 e. The minimum atomic E-state index is 0.489. The Kier molecular flexibility index (Phi) is 5.54. The number of pyridine rings is 1. The van der Waals surface area contributed by atoms with E-state index in [2.05, 4.69) is 57.4 Å². The summed E-state index contributed by atoms with van der Waals surface area (Å²) in [7, 11) is 2.14. The molecule has 1 N–H and O–H groups in total. The Morgan fingerprint density at radius 2 is 2.32 bits per heavy atom. The van der Waals surface area contributed by atoms with Gasteiger partial charge in [0, 0.05) is 47.7 Å². The van der Waals surface area contributed by atoms with Crippen molar-refractivity contribution in [1.29, 1.82) is 0 Å². The maximum atomic E-state index is 4.61. The second-order valence-electron chi connectivity index (χ2n) is 5.21. The molecular formula is C14H22BrN3S. The van der Waals surface area contributed by atoms with Crippen molar-refractivity contribution in [3.8, 4) is 0 Å². The number of nitrogens with one attached hydrogen (secondary N) is 1. The zero-order valence-electron chi connectivity index (χ0n) is 11.8. The van der Waals surface area contributed by atoms with Gasteiger partial charge in [0.1, 0.15) is 5.82 Å². The van der Waals surface area contributed by atoms with Gasteiger partial charge in [0.25, 0.3) is 0 Å². The molecule has 2 rings (SSSR count). The number of hydrogen-bond donors (Lipinski definition) is 1. The van der Waals surface area contributed by atoms with Crippen molar-refractivity contribution >= 4 is 33.5 Å². The van der Waals surface area contributed by atoms with E-state index < -0.39 is 0 Å². The van der Waals surface area contributed by atoms with Crippen LogP contribution in [0.5, 0.6) is 0 Å². The van der Waals surface area contributed by atoms with Gasteiger partial charge in [-0.15, -0.1) is 0 Å². The van der Waals surface area contributed by atoms with Gasteiger partial charge in [-0.05, 0) is 48.0 Å². The van der Waals surface area contributed by atoms with Crippen LogP contribution >= 0.6 is 27.7 Å². The van der Waals surface area contributed by atoms with Crippen molar-refractivity contribution in [3.05, 3.63) is 22.3 Å². The van der Waals surface area contributed by atoms with Gasteiger partial charge in [0.05, 0.1) is 0 Å². The molecule has 0 aliphatic heterocycles. The fourth-order valence-electron chi connectivity index (χ4n) is 2.03. The lowest BCUT2D eigenvalue weighted by atomic mass is 10.2. The Labute approximate surface area is 128 Å². The molecule has 0 aromatic carbocycles. The van der Waals surface area contributed by atoms with Gasteiger partial charge < -0.3 is 10.2 Å². The quantitative estimate of drug-likeness (QED) is 0.822. The van der Waals surface area contributed by atoms with Gasteiger partial charge in [0.15, 0.2) is 0 Å². The summed E-state index contributed by atoms with van der Waals surface area (Å²) in [5, 5.41) is 3.57. The molecule has 5 heteroatoms. The van der Waals surface area contributed by atoms with Crippen LogP contribution in [0.3, 0.4) is 0 Å². The van der Waals surface area contributed by atoms with Crippen LogP contribution in [0.2, 0.25) is 0 Å². The van der Waals surface area contributed by atoms with E-state index in [0.717, 1.165) is 28.6 Å². The standard InChI is InChI=1S/C14H22BrN3S/c1-10(9-19-3)18(2)14-11(6-12(15)8-17-14)7-16-13-4-5-13/h6,8,10,13,16H,4-5,7,9H2,1-3H3. The molecule has 1 saturated carbocycles. The monoisotopic (exact) mass is 343 g/mol. The first-order valence-corrected chi connectivity index (χ1v) is 8.90. The maximum Gasteiger partial charge on any atom is 0.133 e.